The second-order valence-electron chi connectivity index (χ2n) is 8.33. The van der Waals surface area contributed by atoms with Gasteiger partial charge in [-0.05, 0) is 68.1 Å². The van der Waals surface area contributed by atoms with Crippen LogP contribution in [0.3, 0.4) is 0 Å². The number of hydrogen-bond acceptors (Lipinski definition) is 5. The van der Waals surface area contributed by atoms with Crippen molar-refractivity contribution in [3.05, 3.63) is 64.4 Å². The maximum absolute atomic E-state index is 13.7. The monoisotopic (exact) mass is 441 g/mol. The number of amides is 1. The summed E-state index contributed by atoms with van der Waals surface area (Å²) in [6.45, 7) is 6.20. The molecule has 164 valence electrons. The third-order valence-electron chi connectivity index (χ3n) is 6.14. The second-order valence-corrected chi connectivity index (χ2v) is 10.6. The van der Waals surface area contributed by atoms with Crippen LogP contribution in [-0.2, 0) is 16.4 Å². The summed E-state index contributed by atoms with van der Waals surface area (Å²) in [5.74, 6) is 0.744. The van der Waals surface area contributed by atoms with E-state index in [0.29, 0.717) is 17.8 Å². The molecule has 1 fully saturated rings. The van der Waals surface area contributed by atoms with Crippen LogP contribution in [0.4, 0.5) is 0 Å². The van der Waals surface area contributed by atoms with Gasteiger partial charge in [-0.25, -0.2) is 8.42 Å². The van der Waals surface area contributed by atoms with Crippen molar-refractivity contribution < 1.29 is 22.4 Å². The molecule has 0 radical (unpaired) electrons. The van der Waals surface area contributed by atoms with Gasteiger partial charge in [-0.1, -0.05) is 12.1 Å². The third kappa shape index (κ3) is 4.19. The minimum Gasteiger partial charge on any atom is -0.497 e. The number of ether oxygens (including phenoxy) is 1. The number of benzene rings is 2. The minimum absolute atomic E-state index is 0.0276. The van der Waals surface area contributed by atoms with Gasteiger partial charge >= 0.3 is 0 Å². The van der Waals surface area contributed by atoms with E-state index < -0.39 is 9.84 Å². The fourth-order valence-corrected chi connectivity index (χ4v) is 5.90. The van der Waals surface area contributed by atoms with Crippen molar-refractivity contribution in [2.45, 2.75) is 39.8 Å². The number of carbonyl (C=O) groups is 1. The van der Waals surface area contributed by atoms with E-state index in [-0.39, 0.29) is 35.8 Å². The smallest absolute Gasteiger partial charge is 0.290 e. The molecule has 1 aliphatic rings. The van der Waals surface area contributed by atoms with E-state index in [1.807, 2.05) is 57.2 Å². The zero-order valence-electron chi connectivity index (χ0n) is 18.3. The summed E-state index contributed by atoms with van der Waals surface area (Å²) < 4.78 is 35.6. The Bertz CT molecular complexity index is 1260. The number of furan rings is 1. The average Bonchev–Trinajstić information content (AvgIpc) is 3.25. The fraction of sp³-hybridized carbons (Fsp3) is 0.375. The molecule has 31 heavy (non-hydrogen) atoms. The van der Waals surface area contributed by atoms with E-state index in [9.17, 15) is 13.2 Å². The van der Waals surface area contributed by atoms with Crippen molar-refractivity contribution >= 4 is 26.7 Å². The first kappa shape index (κ1) is 21.4. The Balaban J connectivity index is 1.75. The number of methoxy groups -OCH3 is 1. The lowest BCUT2D eigenvalue weighted by atomic mass is 10.0. The molecule has 1 aliphatic heterocycles. The Morgan fingerprint density at radius 2 is 1.90 bits per heavy atom. The van der Waals surface area contributed by atoms with E-state index in [2.05, 4.69) is 0 Å². The predicted octanol–water partition coefficient (Wildman–Crippen LogP) is 4.20. The number of aryl methyl sites for hydroxylation is 3. The van der Waals surface area contributed by atoms with Gasteiger partial charge in [0.05, 0.1) is 18.6 Å². The van der Waals surface area contributed by atoms with Crippen LogP contribution in [-0.4, -0.2) is 43.9 Å². The number of rotatable bonds is 5. The highest BCUT2D eigenvalue weighted by Crippen LogP contribution is 2.31. The highest BCUT2D eigenvalue weighted by Gasteiger charge is 2.36. The van der Waals surface area contributed by atoms with Gasteiger partial charge in [0.15, 0.2) is 15.6 Å². The lowest BCUT2D eigenvalue weighted by molar-refractivity contribution is 0.0649. The maximum atomic E-state index is 13.7. The molecule has 0 saturated carbocycles. The Hall–Kier alpha value is -2.80. The van der Waals surface area contributed by atoms with Gasteiger partial charge in [0.2, 0.25) is 0 Å². The first-order valence-corrected chi connectivity index (χ1v) is 12.2. The average molecular weight is 442 g/mol. The van der Waals surface area contributed by atoms with E-state index >= 15 is 0 Å². The van der Waals surface area contributed by atoms with Crippen molar-refractivity contribution in [2.24, 2.45) is 0 Å². The predicted molar refractivity (Wildman–Crippen MR) is 120 cm³/mol. The molecule has 6 nitrogen and oxygen atoms in total. The van der Waals surface area contributed by atoms with Crippen molar-refractivity contribution in [1.82, 2.24) is 4.90 Å². The van der Waals surface area contributed by atoms with Crippen LogP contribution in [0.25, 0.3) is 11.0 Å². The van der Waals surface area contributed by atoms with Crippen LogP contribution in [0.2, 0.25) is 0 Å². The van der Waals surface area contributed by atoms with E-state index in [0.717, 1.165) is 27.6 Å². The molecule has 0 bridgehead atoms. The van der Waals surface area contributed by atoms with Gasteiger partial charge < -0.3 is 14.1 Å². The number of hydrogen-bond donors (Lipinski definition) is 0. The SMILES string of the molecule is COc1cccc(CN(C(=O)c2oc3cc(C)c(C)cc3c2C)[C@@H]2CCS(=O)(=O)C2)c1. The number of sulfone groups is 1. The molecular formula is C24H27NO5S. The molecule has 7 heteroatoms. The Morgan fingerprint density at radius 1 is 1.16 bits per heavy atom. The van der Waals surface area contributed by atoms with Crippen LogP contribution in [0.5, 0.6) is 5.75 Å². The molecule has 1 amide bonds. The van der Waals surface area contributed by atoms with Gasteiger partial charge in [-0.2, -0.15) is 0 Å². The van der Waals surface area contributed by atoms with Crippen LogP contribution >= 0.6 is 0 Å². The molecule has 0 N–H and O–H groups in total. The summed E-state index contributed by atoms with van der Waals surface area (Å²) in [5, 5.41) is 0.909. The molecule has 1 aromatic heterocycles. The minimum atomic E-state index is -3.16. The van der Waals surface area contributed by atoms with Gasteiger partial charge in [0.25, 0.3) is 5.91 Å². The van der Waals surface area contributed by atoms with Crippen LogP contribution in [0.15, 0.2) is 40.8 Å². The summed E-state index contributed by atoms with van der Waals surface area (Å²) in [6.07, 6.45) is 0.426. The fourth-order valence-electron chi connectivity index (χ4n) is 4.17. The van der Waals surface area contributed by atoms with Gasteiger partial charge in [0, 0.05) is 23.5 Å². The highest BCUT2D eigenvalue weighted by molar-refractivity contribution is 7.91. The molecule has 1 atom stereocenters. The summed E-state index contributed by atoms with van der Waals surface area (Å²) in [6, 6.07) is 11.1. The van der Waals surface area contributed by atoms with Crippen LogP contribution < -0.4 is 4.74 Å². The number of nitrogens with zero attached hydrogens (tertiary/aromatic N) is 1. The van der Waals surface area contributed by atoms with E-state index in [1.54, 1.807) is 12.0 Å². The number of carbonyl (C=O) groups excluding carboxylic acids is 1. The van der Waals surface area contributed by atoms with Crippen LogP contribution in [0.1, 0.15) is 39.2 Å². The highest BCUT2D eigenvalue weighted by atomic mass is 32.2. The van der Waals surface area contributed by atoms with Crippen molar-refractivity contribution in [1.29, 1.82) is 0 Å². The zero-order chi connectivity index (χ0) is 22.3. The molecule has 0 aliphatic carbocycles. The van der Waals surface area contributed by atoms with Crippen molar-refractivity contribution in [3.63, 3.8) is 0 Å². The molecule has 2 aromatic carbocycles. The van der Waals surface area contributed by atoms with Gasteiger partial charge in [0.1, 0.15) is 11.3 Å². The second kappa shape index (κ2) is 8.04. The molecule has 4 rings (SSSR count). The molecule has 0 spiro atoms. The first-order valence-electron chi connectivity index (χ1n) is 10.3. The Labute approximate surface area is 182 Å². The summed E-state index contributed by atoms with van der Waals surface area (Å²) in [7, 11) is -1.57. The number of fused-ring (bicyclic) bond motifs is 1. The van der Waals surface area contributed by atoms with Crippen LogP contribution in [0, 0.1) is 20.8 Å². The normalized spacial score (nSPS) is 17.7. The molecular weight excluding hydrogens is 414 g/mol. The topological polar surface area (TPSA) is 76.8 Å². The lowest BCUT2D eigenvalue weighted by Crippen LogP contribution is -2.40. The summed E-state index contributed by atoms with van der Waals surface area (Å²) >= 11 is 0. The first-order chi connectivity index (χ1) is 14.7. The van der Waals surface area contributed by atoms with Crippen molar-refractivity contribution in [3.8, 4) is 5.75 Å². The summed E-state index contributed by atoms with van der Waals surface area (Å²) in [5.41, 5.74) is 4.54. The molecule has 3 aromatic rings. The van der Waals surface area contributed by atoms with E-state index in [1.165, 1.54) is 0 Å². The molecule has 1 saturated heterocycles. The Morgan fingerprint density at radius 3 is 2.58 bits per heavy atom. The van der Waals surface area contributed by atoms with E-state index in [4.69, 9.17) is 9.15 Å². The Kier molecular flexibility index (Phi) is 5.56. The summed E-state index contributed by atoms with van der Waals surface area (Å²) in [4.78, 5) is 15.3. The quantitative estimate of drug-likeness (QED) is 0.593. The maximum Gasteiger partial charge on any atom is 0.290 e. The van der Waals surface area contributed by atoms with Gasteiger partial charge in [-0.3, -0.25) is 4.79 Å². The molecule has 2 heterocycles. The van der Waals surface area contributed by atoms with Gasteiger partial charge in [-0.15, -0.1) is 0 Å². The third-order valence-corrected chi connectivity index (χ3v) is 7.89. The largest absolute Gasteiger partial charge is 0.497 e. The standard InChI is InChI=1S/C24H27NO5S/c1-15-10-21-17(3)23(30-22(21)11-16(15)2)24(26)25(19-8-9-31(27,28)14-19)13-18-6-5-7-20(12-18)29-4/h5-7,10-12,19H,8-9,13-14H2,1-4H3/t19-/m1/s1. The molecule has 0 unspecified atom stereocenters. The van der Waals surface area contributed by atoms with Crippen molar-refractivity contribution in [2.75, 3.05) is 18.6 Å². The zero-order valence-corrected chi connectivity index (χ0v) is 19.1. The lowest BCUT2D eigenvalue weighted by Gasteiger charge is -2.28.